The van der Waals surface area contributed by atoms with Crippen molar-refractivity contribution in [3.8, 4) is 0 Å². The van der Waals surface area contributed by atoms with Crippen molar-refractivity contribution in [2.24, 2.45) is 0 Å². The number of aliphatic carboxylic acids is 1. The first-order valence-electron chi connectivity index (χ1n) is 9.86. The Hall–Kier alpha value is 0.350. The predicted molar refractivity (Wildman–Crippen MR) is 99.2 cm³/mol. The van der Waals surface area contributed by atoms with Gasteiger partial charge in [-0.15, -0.1) is 0 Å². The molecular weight excluding hydrogens is 327 g/mol. The number of hydrogen-bond donors (Lipinski definition) is 3. The zero-order valence-corrected chi connectivity index (χ0v) is 18.9. The molecule has 1 saturated heterocycles. The standard InChI is InChI=1S/C19H38N2O3.Na.H/c1-4-5-6-7-8-9-10-11-12-13-17-20-14-15-21(17)19(3,16(2)22)18(23)24;;/h16-17,20,22H,4-15H2,1-3H3,(H,23,24);;/q;+1;-1. The van der Waals surface area contributed by atoms with Gasteiger partial charge in [-0.05, 0) is 20.3 Å². The SMILES string of the molecule is CCCCCCCCCCCC1NCCN1C(C)(C(=O)O)C(C)O.[H-].[Na+]. The van der Waals surface area contributed by atoms with Crippen molar-refractivity contribution in [1.29, 1.82) is 0 Å². The van der Waals surface area contributed by atoms with Crippen LogP contribution in [0, 0.1) is 0 Å². The second-order valence-corrected chi connectivity index (χ2v) is 7.41. The zero-order valence-electron chi connectivity index (χ0n) is 17.9. The van der Waals surface area contributed by atoms with Gasteiger partial charge >= 0.3 is 35.5 Å². The number of aliphatic hydroxyl groups is 1. The molecule has 1 aliphatic rings. The van der Waals surface area contributed by atoms with Crippen molar-refractivity contribution in [2.75, 3.05) is 13.1 Å². The van der Waals surface area contributed by atoms with Crippen LogP contribution in [0.3, 0.4) is 0 Å². The van der Waals surface area contributed by atoms with Gasteiger partial charge in [-0.25, -0.2) is 0 Å². The van der Waals surface area contributed by atoms with E-state index in [2.05, 4.69) is 12.2 Å². The van der Waals surface area contributed by atoms with Crippen molar-refractivity contribution in [3.05, 3.63) is 0 Å². The Bertz CT molecular complexity index is 375. The van der Waals surface area contributed by atoms with E-state index in [-0.39, 0.29) is 37.1 Å². The fourth-order valence-electron chi connectivity index (χ4n) is 3.62. The third-order valence-corrected chi connectivity index (χ3v) is 5.53. The van der Waals surface area contributed by atoms with Crippen molar-refractivity contribution in [2.45, 2.75) is 103 Å². The number of carbonyl (C=O) groups is 1. The van der Waals surface area contributed by atoms with Gasteiger partial charge in [0.2, 0.25) is 0 Å². The number of unbranched alkanes of at least 4 members (excludes halogenated alkanes) is 8. The van der Waals surface area contributed by atoms with E-state index in [0.29, 0.717) is 6.54 Å². The molecule has 0 aliphatic carbocycles. The van der Waals surface area contributed by atoms with E-state index in [9.17, 15) is 15.0 Å². The van der Waals surface area contributed by atoms with Gasteiger partial charge in [0.25, 0.3) is 0 Å². The largest absolute Gasteiger partial charge is 1.00 e. The summed E-state index contributed by atoms with van der Waals surface area (Å²) in [5, 5.41) is 23.0. The Labute approximate surface area is 177 Å². The summed E-state index contributed by atoms with van der Waals surface area (Å²) in [6.07, 6.45) is 11.7. The molecule has 0 aromatic carbocycles. The second kappa shape index (κ2) is 13.5. The van der Waals surface area contributed by atoms with E-state index in [4.69, 9.17) is 0 Å². The molecule has 3 atom stereocenters. The van der Waals surface area contributed by atoms with Gasteiger partial charge in [0.05, 0.1) is 12.3 Å². The summed E-state index contributed by atoms with van der Waals surface area (Å²) in [5.74, 6) is -0.946. The van der Waals surface area contributed by atoms with Crippen molar-refractivity contribution >= 4 is 5.97 Å². The summed E-state index contributed by atoms with van der Waals surface area (Å²) in [6, 6.07) is 0. The maximum absolute atomic E-state index is 11.7. The molecule has 5 nitrogen and oxygen atoms in total. The van der Waals surface area contributed by atoms with Crippen LogP contribution in [0.1, 0.15) is 86.4 Å². The molecule has 0 bridgehead atoms. The molecule has 1 fully saturated rings. The first-order valence-corrected chi connectivity index (χ1v) is 9.86. The Morgan fingerprint density at radius 3 is 2.20 bits per heavy atom. The van der Waals surface area contributed by atoms with Gasteiger partial charge in [-0.1, -0.05) is 64.7 Å². The first-order chi connectivity index (χ1) is 11.4. The van der Waals surface area contributed by atoms with Crippen LogP contribution in [0.5, 0.6) is 0 Å². The van der Waals surface area contributed by atoms with Crippen LogP contribution in [0.25, 0.3) is 0 Å². The molecule has 25 heavy (non-hydrogen) atoms. The summed E-state index contributed by atoms with van der Waals surface area (Å²) >= 11 is 0. The smallest absolute Gasteiger partial charge is 1.00 e. The summed E-state index contributed by atoms with van der Waals surface area (Å²) in [5.41, 5.74) is -1.21. The number of nitrogens with zero attached hydrogens (tertiary/aromatic N) is 1. The third kappa shape index (κ3) is 7.86. The van der Waals surface area contributed by atoms with Crippen LogP contribution < -0.4 is 34.9 Å². The monoisotopic (exact) mass is 366 g/mol. The average molecular weight is 367 g/mol. The van der Waals surface area contributed by atoms with E-state index in [1.165, 1.54) is 51.4 Å². The molecule has 0 aromatic rings. The molecule has 0 radical (unpaired) electrons. The molecule has 6 heteroatoms. The Kier molecular flexibility index (Phi) is 13.7. The number of carboxylic acids is 1. The molecule has 0 saturated carbocycles. The van der Waals surface area contributed by atoms with Crippen LogP contribution >= 0.6 is 0 Å². The normalized spacial score (nSPS) is 21.5. The molecule has 0 spiro atoms. The summed E-state index contributed by atoms with van der Waals surface area (Å²) in [4.78, 5) is 13.6. The van der Waals surface area contributed by atoms with Gasteiger partial charge in [0, 0.05) is 13.1 Å². The van der Waals surface area contributed by atoms with Crippen molar-refractivity contribution < 1.29 is 46.0 Å². The molecule has 3 unspecified atom stereocenters. The van der Waals surface area contributed by atoms with Crippen LogP contribution in [0.4, 0.5) is 0 Å². The van der Waals surface area contributed by atoms with Gasteiger partial charge in [0.1, 0.15) is 5.54 Å². The molecular formula is C19H39N2NaO3. The predicted octanol–water partition coefficient (Wildman–Crippen LogP) is 0.479. The van der Waals surface area contributed by atoms with Crippen LogP contribution in [-0.2, 0) is 4.79 Å². The maximum Gasteiger partial charge on any atom is 1.00 e. The fourth-order valence-corrected chi connectivity index (χ4v) is 3.62. The number of hydrogen-bond acceptors (Lipinski definition) is 4. The van der Waals surface area contributed by atoms with E-state index in [0.717, 1.165) is 19.4 Å². The number of rotatable bonds is 13. The Morgan fingerprint density at radius 1 is 1.20 bits per heavy atom. The van der Waals surface area contributed by atoms with Gasteiger partial charge in [0.15, 0.2) is 0 Å². The second-order valence-electron chi connectivity index (χ2n) is 7.41. The summed E-state index contributed by atoms with van der Waals surface area (Å²) in [7, 11) is 0. The molecule has 0 aromatic heterocycles. The quantitative estimate of drug-likeness (QED) is 0.327. The maximum atomic E-state index is 11.7. The molecule has 0 amide bonds. The van der Waals surface area contributed by atoms with Gasteiger partial charge in [-0.3, -0.25) is 9.69 Å². The summed E-state index contributed by atoms with van der Waals surface area (Å²) in [6.45, 7) is 6.92. The number of aliphatic hydroxyl groups excluding tert-OH is 1. The molecule has 144 valence electrons. The Balaban J connectivity index is 0. The third-order valence-electron chi connectivity index (χ3n) is 5.53. The van der Waals surface area contributed by atoms with Gasteiger partial charge < -0.3 is 17.0 Å². The van der Waals surface area contributed by atoms with E-state index >= 15 is 0 Å². The number of carboxylic acid groups (broad SMARTS) is 1. The van der Waals surface area contributed by atoms with Crippen LogP contribution in [0.2, 0.25) is 0 Å². The van der Waals surface area contributed by atoms with Crippen LogP contribution in [-0.4, -0.2) is 52.0 Å². The first kappa shape index (κ1) is 25.4. The van der Waals surface area contributed by atoms with Gasteiger partial charge in [-0.2, -0.15) is 0 Å². The summed E-state index contributed by atoms with van der Waals surface area (Å²) < 4.78 is 0. The Morgan fingerprint density at radius 2 is 1.72 bits per heavy atom. The zero-order chi connectivity index (χ0) is 18.0. The minimum Gasteiger partial charge on any atom is -1.00 e. The van der Waals surface area contributed by atoms with Crippen molar-refractivity contribution in [3.63, 3.8) is 0 Å². The van der Waals surface area contributed by atoms with E-state index < -0.39 is 17.6 Å². The fraction of sp³-hybridized carbons (Fsp3) is 0.947. The minimum absolute atomic E-state index is 0. The topological polar surface area (TPSA) is 72.8 Å². The van der Waals surface area contributed by atoms with E-state index in [1.54, 1.807) is 13.8 Å². The molecule has 3 N–H and O–H groups in total. The van der Waals surface area contributed by atoms with E-state index in [1.807, 2.05) is 4.90 Å². The molecule has 1 aliphatic heterocycles. The van der Waals surface area contributed by atoms with Crippen LogP contribution in [0.15, 0.2) is 0 Å². The average Bonchev–Trinajstić information content (AvgIpc) is 3.00. The van der Waals surface area contributed by atoms with Crippen molar-refractivity contribution in [1.82, 2.24) is 10.2 Å². The molecule has 1 rings (SSSR count). The number of nitrogens with one attached hydrogen (secondary N) is 1. The minimum atomic E-state index is -1.21. The molecule has 1 heterocycles.